The van der Waals surface area contributed by atoms with Crippen LogP contribution in [0, 0.1) is 0 Å². The fourth-order valence-electron chi connectivity index (χ4n) is 2.56. The average Bonchev–Trinajstić information content (AvgIpc) is 2.67. The fourth-order valence-corrected chi connectivity index (χ4v) is 3.99. The number of ether oxygens (including phenoxy) is 1. The lowest BCUT2D eigenvalue weighted by molar-refractivity contribution is -0.139. The number of rotatable bonds is 8. The van der Waals surface area contributed by atoms with E-state index in [0.29, 0.717) is 18.2 Å². The molecule has 2 aromatic carbocycles. The Bertz CT molecular complexity index is 945. The monoisotopic (exact) mass is 430 g/mol. The average molecular weight is 430 g/mol. The molecule has 0 spiro atoms. The smallest absolute Gasteiger partial charge is 0.417 e. The predicted molar refractivity (Wildman–Crippen MR) is 101 cm³/mol. The van der Waals surface area contributed by atoms with Gasteiger partial charge in [0.1, 0.15) is 5.75 Å². The number of amides is 1. The molecule has 158 valence electrons. The van der Waals surface area contributed by atoms with Crippen LogP contribution in [0.25, 0.3) is 0 Å². The van der Waals surface area contributed by atoms with Gasteiger partial charge in [0.2, 0.25) is 15.9 Å². The Morgan fingerprint density at radius 3 is 2.31 bits per heavy atom. The van der Waals surface area contributed by atoms with Crippen LogP contribution in [0.5, 0.6) is 5.75 Å². The molecule has 2 rings (SSSR count). The van der Waals surface area contributed by atoms with Gasteiger partial charge in [0, 0.05) is 6.54 Å². The zero-order valence-electron chi connectivity index (χ0n) is 15.8. The summed E-state index contributed by atoms with van der Waals surface area (Å²) in [4.78, 5) is 11.2. The van der Waals surface area contributed by atoms with Crippen molar-refractivity contribution in [3.05, 3.63) is 59.7 Å². The molecule has 0 radical (unpaired) electrons. The Morgan fingerprint density at radius 1 is 1.10 bits per heavy atom. The molecule has 29 heavy (non-hydrogen) atoms. The largest absolute Gasteiger partial charge is 0.497 e. The van der Waals surface area contributed by atoms with Gasteiger partial charge in [-0.1, -0.05) is 24.3 Å². The standard InChI is InChI=1S/C19H21F3N2O4S/c1-13(18(25)23-12-11-14-7-9-15(28-2)10-8-14)24-29(26,27)17-6-4-3-5-16(17)19(20,21)22/h3-10,13,24H,11-12H2,1-2H3,(H,23,25). The zero-order valence-corrected chi connectivity index (χ0v) is 16.6. The van der Waals surface area contributed by atoms with E-state index in [9.17, 15) is 26.4 Å². The van der Waals surface area contributed by atoms with Crippen molar-refractivity contribution in [1.29, 1.82) is 0 Å². The molecule has 0 fully saturated rings. The molecule has 0 aliphatic heterocycles. The Labute approximate surface area is 167 Å². The fraction of sp³-hybridized carbons (Fsp3) is 0.316. The first kappa shape index (κ1) is 22.7. The molecule has 10 heteroatoms. The highest BCUT2D eigenvalue weighted by Gasteiger charge is 2.37. The van der Waals surface area contributed by atoms with Crippen LogP contribution in [0.3, 0.4) is 0 Å². The summed E-state index contributed by atoms with van der Waals surface area (Å²) in [5.74, 6) is 0.0477. The third-order valence-electron chi connectivity index (χ3n) is 4.08. The van der Waals surface area contributed by atoms with E-state index in [1.54, 1.807) is 19.2 Å². The van der Waals surface area contributed by atoms with Crippen molar-refractivity contribution in [2.75, 3.05) is 13.7 Å². The molecule has 0 aliphatic carbocycles. The number of halogens is 3. The van der Waals surface area contributed by atoms with Gasteiger partial charge in [-0.05, 0) is 43.2 Å². The first-order chi connectivity index (χ1) is 13.5. The van der Waals surface area contributed by atoms with Gasteiger partial charge in [0.05, 0.1) is 23.6 Å². The number of nitrogens with one attached hydrogen (secondary N) is 2. The van der Waals surface area contributed by atoms with Crippen LogP contribution in [0.15, 0.2) is 53.4 Å². The second-order valence-electron chi connectivity index (χ2n) is 6.23. The molecular formula is C19H21F3N2O4S. The minimum atomic E-state index is -4.84. The summed E-state index contributed by atoms with van der Waals surface area (Å²) in [5, 5.41) is 2.56. The molecule has 0 aromatic heterocycles. The molecule has 2 aromatic rings. The zero-order chi connectivity index (χ0) is 21.7. The van der Waals surface area contributed by atoms with E-state index >= 15 is 0 Å². The Balaban J connectivity index is 1.98. The lowest BCUT2D eigenvalue weighted by Crippen LogP contribution is -2.45. The molecular weight excluding hydrogens is 409 g/mol. The summed E-state index contributed by atoms with van der Waals surface area (Å²) in [6, 6.07) is 9.74. The first-order valence-corrected chi connectivity index (χ1v) is 10.1. The van der Waals surface area contributed by atoms with Crippen LogP contribution >= 0.6 is 0 Å². The normalized spacial score (nSPS) is 13.0. The highest BCUT2D eigenvalue weighted by atomic mass is 32.2. The van der Waals surface area contributed by atoms with Gasteiger partial charge in [-0.3, -0.25) is 4.79 Å². The van der Waals surface area contributed by atoms with Gasteiger partial charge in [0.15, 0.2) is 0 Å². The van der Waals surface area contributed by atoms with E-state index in [-0.39, 0.29) is 6.54 Å². The van der Waals surface area contributed by atoms with Crippen molar-refractivity contribution in [3.8, 4) is 5.75 Å². The Morgan fingerprint density at radius 2 is 1.72 bits per heavy atom. The first-order valence-electron chi connectivity index (χ1n) is 8.64. The quantitative estimate of drug-likeness (QED) is 0.675. The van der Waals surface area contributed by atoms with E-state index in [1.165, 1.54) is 13.0 Å². The summed E-state index contributed by atoms with van der Waals surface area (Å²) in [6.07, 6.45) is -4.35. The van der Waals surface area contributed by atoms with Crippen molar-refractivity contribution in [2.45, 2.75) is 30.5 Å². The van der Waals surface area contributed by atoms with Crippen LogP contribution in [0.4, 0.5) is 13.2 Å². The van der Waals surface area contributed by atoms with Gasteiger partial charge in [0.25, 0.3) is 0 Å². The lowest BCUT2D eigenvalue weighted by Gasteiger charge is -2.17. The third-order valence-corrected chi connectivity index (χ3v) is 5.68. The lowest BCUT2D eigenvalue weighted by atomic mass is 10.1. The SMILES string of the molecule is COc1ccc(CCNC(=O)C(C)NS(=O)(=O)c2ccccc2C(F)(F)F)cc1. The van der Waals surface area contributed by atoms with Gasteiger partial charge in [-0.2, -0.15) is 17.9 Å². The highest BCUT2D eigenvalue weighted by molar-refractivity contribution is 7.89. The highest BCUT2D eigenvalue weighted by Crippen LogP contribution is 2.33. The van der Waals surface area contributed by atoms with Gasteiger partial charge in [-0.25, -0.2) is 8.42 Å². The second-order valence-corrected chi connectivity index (χ2v) is 7.91. The van der Waals surface area contributed by atoms with Crippen LogP contribution in [-0.2, 0) is 27.4 Å². The maximum Gasteiger partial charge on any atom is 0.417 e. The number of sulfonamides is 1. The molecule has 0 bridgehead atoms. The van der Waals surface area contributed by atoms with Crippen LogP contribution in [-0.4, -0.2) is 34.0 Å². The van der Waals surface area contributed by atoms with Gasteiger partial charge >= 0.3 is 6.18 Å². The molecule has 1 unspecified atom stereocenters. The van der Waals surface area contributed by atoms with Crippen LogP contribution < -0.4 is 14.8 Å². The van der Waals surface area contributed by atoms with Crippen molar-refractivity contribution >= 4 is 15.9 Å². The molecule has 0 aliphatic rings. The van der Waals surface area contributed by atoms with Gasteiger partial charge < -0.3 is 10.1 Å². The summed E-state index contributed by atoms with van der Waals surface area (Å²) >= 11 is 0. The Hall–Kier alpha value is -2.59. The summed E-state index contributed by atoms with van der Waals surface area (Å²) in [5.41, 5.74) is -0.363. The molecule has 0 heterocycles. The molecule has 1 amide bonds. The third kappa shape index (κ3) is 6.20. The number of benzene rings is 2. The topological polar surface area (TPSA) is 84.5 Å². The van der Waals surface area contributed by atoms with E-state index < -0.39 is 38.6 Å². The van der Waals surface area contributed by atoms with E-state index in [4.69, 9.17) is 4.74 Å². The van der Waals surface area contributed by atoms with Crippen LogP contribution in [0.1, 0.15) is 18.1 Å². The van der Waals surface area contributed by atoms with E-state index in [1.807, 2.05) is 16.9 Å². The number of methoxy groups -OCH3 is 1. The maximum atomic E-state index is 13.1. The predicted octanol–water partition coefficient (Wildman–Crippen LogP) is 2.74. The number of carbonyl (C=O) groups is 1. The van der Waals surface area contributed by atoms with Gasteiger partial charge in [-0.15, -0.1) is 0 Å². The molecule has 0 saturated heterocycles. The molecule has 2 N–H and O–H groups in total. The summed E-state index contributed by atoms with van der Waals surface area (Å²) < 4.78 is 71.0. The van der Waals surface area contributed by atoms with Crippen molar-refractivity contribution < 1.29 is 31.1 Å². The molecule has 0 saturated carbocycles. The molecule has 6 nitrogen and oxygen atoms in total. The van der Waals surface area contributed by atoms with Crippen LogP contribution in [0.2, 0.25) is 0 Å². The number of carbonyl (C=O) groups excluding carboxylic acids is 1. The number of hydrogen-bond acceptors (Lipinski definition) is 4. The van der Waals surface area contributed by atoms with E-state index in [2.05, 4.69) is 5.32 Å². The van der Waals surface area contributed by atoms with Crippen molar-refractivity contribution in [2.24, 2.45) is 0 Å². The number of hydrogen-bond donors (Lipinski definition) is 2. The van der Waals surface area contributed by atoms with Crippen molar-refractivity contribution in [3.63, 3.8) is 0 Å². The second kappa shape index (κ2) is 9.27. The molecule has 1 atom stereocenters. The summed E-state index contributed by atoms with van der Waals surface area (Å²) in [6.45, 7) is 1.49. The van der Waals surface area contributed by atoms with E-state index in [0.717, 1.165) is 17.7 Å². The Kier molecular flexibility index (Phi) is 7.26. The minimum Gasteiger partial charge on any atom is -0.497 e. The summed E-state index contributed by atoms with van der Waals surface area (Å²) in [7, 11) is -3.00. The number of alkyl halides is 3. The maximum absolute atomic E-state index is 13.1. The minimum absolute atomic E-state index is 0.233. The van der Waals surface area contributed by atoms with Crippen molar-refractivity contribution in [1.82, 2.24) is 10.0 Å².